The van der Waals surface area contributed by atoms with E-state index >= 15 is 0 Å². The summed E-state index contributed by atoms with van der Waals surface area (Å²) in [6, 6.07) is 0. The molecule has 0 saturated heterocycles. The smallest absolute Gasteiger partial charge is 1.00 e. The molecule has 0 spiro atoms. The number of rotatable bonds is 18. The Bertz CT molecular complexity index is 281. The van der Waals surface area contributed by atoms with Crippen molar-refractivity contribution in [2.75, 3.05) is 0 Å². The van der Waals surface area contributed by atoms with E-state index in [0.717, 1.165) is 12.8 Å². The van der Waals surface area contributed by atoms with Gasteiger partial charge in [0.2, 0.25) is 0 Å². The zero-order valence-electron chi connectivity index (χ0n) is 18.5. The van der Waals surface area contributed by atoms with Crippen molar-refractivity contribution in [3.8, 4) is 0 Å². The molecule has 146 valence electrons. The van der Waals surface area contributed by atoms with E-state index in [0.29, 0.717) is 6.42 Å². The van der Waals surface area contributed by atoms with Gasteiger partial charge >= 0.3 is 35.5 Å². The van der Waals surface area contributed by atoms with Crippen LogP contribution in [0.4, 0.5) is 0 Å². The summed E-state index contributed by atoms with van der Waals surface area (Å²) in [5, 5.41) is 0. The van der Waals surface area contributed by atoms with Gasteiger partial charge in [-0.3, -0.25) is 10.5 Å². The van der Waals surface area contributed by atoms with Crippen LogP contribution >= 0.6 is 0 Å². The van der Waals surface area contributed by atoms with Gasteiger partial charge in [0, 0.05) is 6.42 Å². The average Bonchev–Trinajstić information content (AvgIpc) is 2.58. The van der Waals surface area contributed by atoms with Gasteiger partial charge in [0.05, 0.1) is 0 Å². The third-order valence-corrected chi connectivity index (χ3v) is 4.66. The zero-order chi connectivity index (χ0) is 17.9. The van der Waals surface area contributed by atoms with Gasteiger partial charge in [-0.25, -0.2) is 0 Å². The van der Waals surface area contributed by atoms with Gasteiger partial charge < -0.3 is 6.16 Å². The molecule has 0 aromatic carbocycles. The van der Waals surface area contributed by atoms with Crippen LogP contribution < -0.4 is 35.3 Å². The van der Waals surface area contributed by atoms with Crippen molar-refractivity contribution in [3.63, 3.8) is 0 Å². The summed E-state index contributed by atoms with van der Waals surface area (Å²) in [6.07, 6.45) is 21.2. The Labute approximate surface area is 181 Å². The predicted molar refractivity (Wildman–Crippen MR) is 105 cm³/mol. The van der Waals surface area contributed by atoms with Gasteiger partial charge in [-0.2, -0.15) is 0 Å². The maximum Gasteiger partial charge on any atom is 1.00 e. The largest absolute Gasteiger partial charge is 1.00 e. The number of hydrogen-bond donors (Lipinski definition) is 1. The molecule has 0 aliphatic rings. The molecule has 3 nitrogen and oxygen atoms in total. The molecule has 0 rings (SSSR count). The Hall–Kier alpha value is 0.430. The fourth-order valence-electron chi connectivity index (χ4n) is 3.03. The van der Waals surface area contributed by atoms with Crippen molar-refractivity contribution in [3.05, 3.63) is 0 Å². The van der Waals surface area contributed by atoms with E-state index in [-0.39, 0.29) is 37.0 Å². The van der Waals surface area contributed by atoms with E-state index in [9.17, 15) is 4.79 Å². The molecule has 1 atom stereocenters. The summed E-state index contributed by atoms with van der Waals surface area (Å²) in [5.74, 6) is -0.191. The van der Waals surface area contributed by atoms with Crippen LogP contribution in [0, 0.1) is 0 Å². The Morgan fingerprint density at radius 1 is 0.760 bits per heavy atom. The normalized spacial score (nSPS) is 11.8. The number of carbonyl (C=O) groups excluding carboxylic acids is 1. The number of carbonyl (C=O) groups is 1. The van der Waals surface area contributed by atoms with Crippen molar-refractivity contribution in [2.45, 2.75) is 129 Å². The molecule has 0 saturated carbocycles. The summed E-state index contributed by atoms with van der Waals surface area (Å²) < 4.78 is 5.06. The molecule has 2 N–H and O–H groups in total. The Morgan fingerprint density at radius 2 is 1.12 bits per heavy atom. The molecule has 0 aromatic heterocycles. The van der Waals surface area contributed by atoms with Gasteiger partial charge in [0.1, 0.15) is 0 Å². The van der Waals surface area contributed by atoms with Crippen molar-refractivity contribution in [1.82, 2.24) is 0 Å². The fraction of sp³-hybridized carbons (Fsp3) is 0.952. The van der Waals surface area contributed by atoms with E-state index in [2.05, 4.69) is 6.92 Å². The molecule has 0 aromatic rings. The van der Waals surface area contributed by atoms with E-state index in [1.54, 1.807) is 6.92 Å². The first-order chi connectivity index (χ1) is 11.7. The number of hydrogen-bond acceptors (Lipinski definition) is 3. The topological polar surface area (TPSA) is 52.3 Å². The molecular formula is C21H44NNaO2. The Kier molecular flexibility index (Phi) is 24.9. The first kappa shape index (κ1) is 27.6. The van der Waals surface area contributed by atoms with Crippen LogP contribution in [0.1, 0.15) is 124 Å². The van der Waals surface area contributed by atoms with Gasteiger partial charge in [0.25, 0.3) is 0 Å². The second-order valence-corrected chi connectivity index (χ2v) is 7.12. The van der Waals surface area contributed by atoms with Crippen molar-refractivity contribution in [2.24, 2.45) is 5.73 Å². The van der Waals surface area contributed by atoms with Gasteiger partial charge in [-0.05, 0) is 12.8 Å². The molecule has 0 bridgehead atoms. The first-order valence-electron chi connectivity index (χ1n) is 10.7. The maximum atomic E-state index is 11.1. The standard InChI is InChI=1S/C21H43NO2.Na.H/c1-3-5-6-7-8-9-10-11-12-13-14-15-16-17-18-19-20(22)24-21(23)4-2;;/h20H,3-19,22H2,1-2H3;;/q;+1;-1. The van der Waals surface area contributed by atoms with Gasteiger partial charge in [0.15, 0.2) is 6.23 Å². The van der Waals surface area contributed by atoms with E-state index in [1.165, 1.54) is 89.9 Å². The molecule has 0 aliphatic heterocycles. The summed E-state index contributed by atoms with van der Waals surface area (Å²) in [5.41, 5.74) is 5.76. The number of ether oxygens (including phenoxy) is 1. The van der Waals surface area contributed by atoms with Crippen LogP contribution in [0.2, 0.25) is 0 Å². The molecule has 0 amide bonds. The molecule has 1 unspecified atom stereocenters. The quantitative estimate of drug-likeness (QED) is 0.175. The fourth-order valence-corrected chi connectivity index (χ4v) is 3.03. The summed E-state index contributed by atoms with van der Waals surface area (Å²) >= 11 is 0. The summed E-state index contributed by atoms with van der Waals surface area (Å²) in [7, 11) is 0. The minimum atomic E-state index is -0.403. The van der Waals surface area contributed by atoms with Crippen LogP contribution in [0.15, 0.2) is 0 Å². The second-order valence-electron chi connectivity index (χ2n) is 7.12. The number of unbranched alkanes of at least 4 members (excludes halogenated alkanes) is 14. The number of esters is 1. The third kappa shape index (κ3) is 22.4. The molecule has 4 heteroatoms. The van der Waals surface area contributed by atoms with Crippen LogP contribution in [0.3, 0.4) is 0 Å². The van der Waals surface area contributed by atoms with Gasteiger partial charge in [-0.1, -0.05) is 104 Å². The van der Waals surface area contributed by atoms with Crippen molar-refractivity contribution >= 4 is 5.97 Å². The van der Waals surface area contributed by atoms with E-state index < -0.39 is 6.23 Å². The first-order valence-corrected chi connectivity index (χ1v) is 10.7. The third-order valence-electron chi connectivity index (χ3n) is 4.66. The Morgan fingerprint density at radius 3 is 1.48 bits per heavy atom. The molecular weight excluding hydrogens is 321 g/mol. The molecule has 0 aliphatic carbocycles. The summed E-state index contributed by atoms with van der Waals surface area (Å²) in [4.78, 5) is 11.1. The monoisotopic (exact) mass is 365 g/mol. The maximum absolute atomic E-state index is 11.1. The predicted octanol–water partition coefficient (Wildman–Crippen LogP) is 3.60. The second kappa shape index (κ2) is 22.5. The van der Waals surface area contributed by atoms with Crippen LogP contribution in [0.25, 0.3) is 0 Å². The number of nitrogens with two attached hydrogens (primary N) is 1. The minimum Gasteiger partial charge on any atom is -1.00 e. The molecule has 0 radical (unpaired) electrons. The average molecular weight is 366 g/mol. The Balaban J connectivity index is -0.00000264. The molecule has 0 heterocycles. The van der Waals surface area contributed by atoms with E-state index in [4.69, 9.17) is 10.5 Å². The minimum absolute atomic E-state index is 0. The zero-order valence-corrected chi connectivity index (χ0v) is 19.5. The summed E-state index contributed by atoms with van der Waals surface area (Å²) in [6.45, 7) is 4.07. The van der Waals surface area contributed by atoms with E-state index in [1.807, 2.05) is 0 Å². The molecule has 0 fully saturated rings. The van der Waals surface area contributed by atoms with Crippen LogP contribution in [-0.4, -0.2) is 12.2 Å². The van der Waals surface area contributed by atoms with Crippen molar-refractivity contribution < 1.29 is 40.5 Å². The van der Waals surface area contributed by atoms with Crippen LogP contribution in [0.5, 0.6) is 0 Å². The SMILES string of the molecule is CCCCCCCCCCCCCCCCCC(N)OC(=O)CC.[H-].[Na+]. The van der Waals surface area contributed by atoms with Crippen LogP contribution in [-0.2, 0) is 9.53 Å². The van der Waals surface area contributed by atoms with Crippen molar-refractivity contribution in [1.29, 1.82) is 0 Å². The van der Waals surface area contributed by atoms with Gasteiger partial charge in [-0.15, -0.1) is 0 Å². The molecule has 25 heavy (non-hydrogen) atoms.